The van der Waals surface area contributed by atoms with Crippen LogP contribution in [0, 0.1) is 10.1 Å². The molecule has 0 atom stereocenters. The fourth-order valence-corrected chi connectivity index (χ4v) is 4.15. The predicted octanol–water partition coefficient (Wildman–Crippen LogP) is 7.01. The molecule has 29 heavy (non-hydrogen) atoms. The molecule has 140 valence electrons. The lowest BCUT2D eigenvalue weighted by Gasteiger charge is -2.09. The van der Waals surface area contributed by atoms with Gasteiger partial charge in [0, 0.05) is 27.5 Å². The second-order valence-electron chi connectivity index (χ2n) is 6.81. The Hall–Kier alpha value is -3.63. The molecule has 0 amide bonds. The molecule has 5 heteroatoms. The molecule has 0 aliphatic heterocycles. The monoisotopic (exact) mass is 398 g/mol. The van der Waals surface area contributed by atoms with Gasteiger partial charge in [0.05, 0.1) is 21.5 Å². The highest BCUT2D eigenvalue weighted by molar-refractivity contribution is 6.31. The van der Waals surface area contributed by atoms with E-state index in [0.29, 0.717) is 10.6 Å². The number of fused-ring (bicyclic) bond motifs is 3. The topological polar surface area (TPSA) is 48.1 Å². The first kappa shape index (κ1) is 17.5. The number of nitro benzene ring substituents is 1. The summed E-state index contributed by atoms with van der Waals surface area (Å²) in [6.45, 7) is 0. The van der Waals surface area contributed by atoms with Crippen LogP contribution >= 0.6 is 11.6 Å². The normalized spacial score (nSPS) is 11.2. The summed E-state index contributed by atoms with van der Waals surface area (Å²) in [4.78, 5) is 11.3. The molecule has 0 saturated carbocycles. The summed E-state index contributed by atoms with van der Waals surface area (Å²) in [7, 11) is 0. The maximum Gasteiger partial charge on any atom is 0.277 e. The molecule has 0 aliphatic carbocycles. The van der Waals surface area contributed by atoms with Gasteiger partial charge in [-0.25, -0.2) is 0 Å². The van der Waals surface area contributed by atoms with Gasteiger partial charge in [0.2, 0.25) is 0 Å². The molecule has 5 rings (SSSR count). The molecule has 0 radical (unpaired) electrons. The van der Waals surface area contributed by atoms with Crippen molar-refractivity contribution in [1.29, 1.82) is 0 Å². The minimum Gasteiger partial charge on any atom is -0.309 e. The summed E-state index contributed by atoms with van der Waals surface area (Å²) in [6, 6.07) is 28.8. The third-order valence-corrected chi connectivity index (χ3v) is 5.39. The molecule has 4 nitrogen and oxygen atoms in total. The number of nitrogens with zero attached hydrogens (tertiary/aromatic N) is 2. The van der Waals surface area contributed by atoms with Crippen molar-refractivity contribution in [2.45, 2.75) is 0 Å². The molecule has 0 spiro atoms. The fourth-order valence-electron chi connectivity index (χ4n) is 3.98. The van der Waals surface area contributed by atoms with Gasteiger partial charge in [-0.3, -0.25) is 10.1 Å². The van der Waals surface area contributed by atoms with Gasteiger partial charge in [-0.2, -0.15) is 0 Å². The van der Waals surface area contributed by atoms with Crippen LogP contribution in [-0.4, -0.2) is 9.49 Å². The number of hydrogen-bond donors (Lipinski definition) is 0. The SMILES string of the molecule is O=[N+]([O-])c1ccc(Cl)cc1-c1cccc2c1c1ccccc1n2-c1ccccc1. The Morgan fingerprint density at radius 3 is 2.28 bits per heavy atom. The van der Waals surface area contributed by atoms with E-state index in [0.717, 1.165) is 33.1 Å². The van der Waals surface area contributed by atoms with Gasteiger partial charge in [0.15, 0.2) is 0 Å². The van der Waals surface area contributed by atoms with Gasteiger partial charge in [-0.1, -0.05) is 60.1 Å². The summed E-state index contributed by atoms with van der Waals surface area (Å²) < 4.78 is 2.19. The van der Waals surface area contributed by atoms with Crippen molar-refractivity contribution in [1.82, 2.24) is 4.57 Å². The van der Waals surface area contributed by atoms with Crippen molar-refractivity contribution >= 4 is 39.1 Å². The molecular weight excluding hydrogens is 384 g/mol. The standard InChI is InChI=1S/C24H15ClN2O2/c25-16-13-14-22(27(28)29)20(15-16)18-10-6-12-23-24(18)19-9-4-5-11-21(19)26(23)17-7-2-1-3-8-17/h1-15H. The number of halogens is 1. The second kappa shape index (κ2) is 6.76. The molecule has 5 aromatic rings. The summed E-state index contributed by atoms with van der Waals surface area (Å²) in [5.41, 5.74) is 4.43. The average molecular weight is 399 g/mol. The quantitative estimate of drug-likeness (QED) is 0.242. The van der Waals surface area contributed by atoms with Crippen LogP contribution in [0.3, 0.4) is 0 Å². The molecule has 0 bridgehead atoms. The van der Waals surface area contributed by atoms with Crippen LogP contribution in [-0.2, 0) is 0 Å². The van der Waals surface area contributed by atoms with Gasteiger partial charge < -0.3 is 4.57 Å². The first-order chi connectivity index (χ1) is 14.1. The lowest BCUT2D eigenvalue weighted by Crippen LogP contribution is -1.94. The number of hydrogen-bond acceptors (Lipinski definition) is 2. The van der Waals surface area contributed by atoms with E-state index in [1.165, 1.54) is 6.07 Å². The molecule has 0 unspecified atom stereocenters. The Bertz CT molecular complexity index is 1390. The molecule has 0 saturated heterocycles. The Morgan fingerprint density at radius 1 is 0.759 bits per heavy atom. The van der Waals surface area contributed by atoms with Gasteiger partial charge in [-0.15, -0.1) is 0 Å². The predicted molar refractivity (Wildman–Crippen MR) is 118 cm³/mol. The Labute approximate surface area is 171 Å². The first-order valence-corrected chi connectivity index (χ1v) is 9.55. The molecule has 0 N–H and O–H groups in total. The van der Waals surface area contributed by atoms with Crippen LogP contribution in [0.2, 0.25) is 5.02 Å². The summed E-state index contributed by atoms with van der Waals surface area (Å²) in [5.74, 6) is 0. The molecule has 1 heterocycles. The van der Waals surface area contributed by atoms with Crippen LogP contribution in [0.25, 0.3) is 38.6 Å². The number of benzene rings is 4. The molecule has 0 aliphatic rings. The van der Waals surface area contributed by atoms with Gasteiger partial charge in [0.25, 0.3) is 5.69 Å². The zero-order valence-corrected chi connectivity index (χ0v) is 16.0. The Kier molecular flexibility index (Phi) is 4.07. The number of para-hydroxylation sites is 2. The highest BCUT2D eigenvalue weighted by Gasteiger charge is 2.21. The third-order valence-electron chi connectivity index (χ3n) is 5.16. The molecule has 4 aromatic carbocycles. The summed E-state index contributed by atoms with van der Waals surface area (Å²) >= 11 is 6.21. The lowest BCUT2D eigenvalue weighted by atomic mass is 9.98. The smallest absolute Gasteiger partial charge is 0.277 e. The minimum absolute atomic E-state index is 0.0402. The van der Waals surface area contributed by atoms with E-state index >= 15 is 0 Å². The van der Waals surface area contributed by atoms with E-state index in [1.54, 1.807) is 12.1 Å². The molecular formula is C24H15ClN2O2. The van der Waals surface area contributed by atoms with Crippen molar-refractivity contribution < 1.29 is 4.92 Å². The lowest BCUT2D eigenvalue weighted by molar-refractivity contribution is -0.384. The van der Waals surface area contributed by atoms with Crippen LogP contribution in [0.5, 0.6) is 0 Å². The highest BCUT2D eigenvalue weighted by atomic mass is 35.5. The van der Waals surface area contributed by atoms with Crippen LogP contribution < -0.4 is 0 Å². The van der Waals surface area contributed by atoms with E-state index < -0.39 is 0 Å². The number of rotatable bonds is 3. The van der Waals surface area contributed by atoms with Crippen LogP contribution in [0.1, 0.15) is 0 Å². The second-order valence-corrected chi connectivity index (χ2v) is 7.24. The highest BCUT2D eigenvalue weighted by Crippen LogP contribution is 2.41. The van der Waals surface area contributed by atoms with E-state index in [2.05, 4.69) is 28.8 Å². The van der Waals surface area contributed by atoms with Crippen LogP contribution in [0.15, 0.2) is 91.0 Å². The fraction of sp³-hybridized carbons (Fsp3) is 0. The van der Waals surface area contributed by atoms with Gasteiger partial charge in [-0.05, 0) is 42.0 Å². The first-order valence-electron chi connectivity index (χ1n) is 9.17. The van der Waals surface area contributed by atoms with E-state index in [1.807, 2.05) is 48.5 Å². The largest absolute Gasteiger partial charge is 0.309 e. The Morgan fingerprint density at radius 2 is 1.48 bits per heavy atom. The number of nitro groups is 1. The van der Waals surface area contributed by atoms with Crippen molar-refractivity contribution in [3.63, 3.8) is 0 Å². The van der Waals surface area contributed by atoms with E-state index in [9.17, 15) is 10.1 Å². The maximum absolute atomic E-state index is 11.7. The van der Waals surface area contributed by atoms with E-state index in [-0.39, 0.29) is 10.6 Å². The average Bonchev–Trinajstić information content (AvgIpc) is 3.08. The number of aromatic nitrogens is 1. The van der Waals surface area contributed by atoms with Crippen molar-refractivity contribution in [2.24, 2.45) is 0 Å². The summed E-state index contributed by atoms with van der Waals surface area (Å²) in [5, 5.41) is 14.2. The molecule has 0 fully saturated rings. The van der Waals surface area contributed by atoms with Gasteiger partial charge in [0.1, 0.15) is 0 Å². The minimum atomic E-state index is -0.360. The third kappa shape index (κ3) is 2.77. The zero-order valence-electron chi connectivity index (χ0n) is 15.2. The zero-order chi connectivity index (χ0) is 20.0. The maximum atomic E-state index is 11.7. The Balaban J connectivity index is 1.95. The van der Waals surface area contributed by atoms with Crippen molar-refractivity contribution in [3.8, 4) is 16.8 Å². The molecule has 1 aromatic heterocycles. The van der Waals surface area contributed by atoms with E-state index in [4.69, 9.17) is 11.6 Å². The van der Waals surface area contributed by atoms with Crippen LogP contribution in [0.4, 0.5) is 5.69 Å². The van der Waals surface area contributed by atoms with Gasteiger partial charge >= 0.3 is 0 Å². The summed E-state index contributed by atoms with van der Waals surface area (Å²) in [6.07, 6.45) is 0. The van der Waals surface area contributed by atoms with Crippen molar-refractivity contribution in [2.75, 3.05) is 0 Å². The van der Waals surface area contributed by atoms with Crippen molar-refractivity contribution in [3.05, 3.63) is 106 Å².